The third kappa shape index (κ3) is 4.33. The second-order valence-corrected chi connectivity index (χ2v) is 5.74. The molecule has 0 atom stereocenters. The van der Waals surface area contributed by atoms with Crippen LogP contribution in [-0.4, -0.2) is 16.6 Å². The number of amides is 1. The number of benzene rings is 2. The van der Waals surface area contributed by atoms with E-state index in [0.717, 1.165) is 11.3 Å². The number of nitro groups is 1. The van der Waals surface area contributed by atoms with Gasteiger partial charge in [0.25, 0.3) is 5.69 Å². The molecule has 2 aromatic rings. The van der Waals surface area contributed by atoms with Gasteiger partial charge in [-0.15, -0.1) is 11.8 Å². The second kappa shape index (κ2) is 7.61. The summed E-state index contributed by atoms with van der Waals surface area (Å²) in [5, 5.41) is 13.6. The first-order valence-electron chi connectivity index (χ1n) is 6.73. The summed E-state index contributed by atoms with van der Waals surface area (Å²) in [4.78, 5) is 22.5. The lowest BCUT2D eigenvalue weighted by atomic mass is 10.1. The number of rotatable bonds is 6. The number of para-hydroxylation sites is 1. The quantitative estimate of drug-likeness (QED) is 0.650. The SMILES string of the molecule is Cc1cccc([N+](=O)[O-])c1NC(=O)CSCc1ccccc1. The summed E-state index contributed by atoms with van der Waals surface area (Å²) >= 11 is 1.47. The van der Waals surface area contributed by atoms with Crippen LogP contribution >= 0.6 is 11.8 Å². The smallest absolute Gasteiger partial charge is 0.293 e. The van der Waals surface area contributed by atoms with Crippen molar-refractivity contribution in [3.63, 3.8) is 0 Å². The van der Waals surface area contributed by atoms with Gasteiger partial charge in [0.2, 0.25) is 5.91 Å². The maximum absolute atomic E-state index is 12.0. The molecule has 6 heteroatoms. The van der Waals surface area contributed by atoms with Crippen LogP contribution < -0.4 is 5.32 Å². The molecule has 0 radical (unpaired) electrons. The van der Waals surface area contributed by atoms with E-state index in [4.69, 9.17) is 0 Å². The normalized spacial score (nSPS) is 10.2. The number of aryl methyl sites for hydroxylation is 1. The van der Waals surface area contributed by atoms with Gasteiger partial charge in [-0.2, -0.15) is 0 Å². The molecule has 0 aliphatic carbocycles. The number of hydrogen-bond donors (Lipinski definition) is 1. The Balaban J connectivity index is 1.94. The average molecular weight is 316 g/mol. The highest BCUT2D eigenvalue weighted by Gasteiger charge is 2.17. The van der Waals surface area contributed by atoms with E-state index >= 15 is 0 Å². The Hall–Kier alpha value is -2.34. The van der Waals surface area contributed by atoms with Crippen LogP contribution in [0.25, 0.3) is 0 Å². The Morgan fingerprint density at radius 2 is 1.91 bits per heavy atom. The summed E-state index contributed by atoms with van der Waals surface area (Å²) in [5.74, 6) is 0.739. The Morgan fingerprint density at radius 3 is 2.59 bits per heavy atom. The minimum Gasteiger partial charge on any atom is -0.319 e. The van der Waals surface area contributed by atoms with E-state index in [1.165, 1.54) is 17.8 Å². The standard InChI is InChI=1S/C16H16N2O3S/c1-12-6-5-9-14(18(20)21)16(12)17-15(19)11-22-10-13-7-3-2-4-8-13/h2-9H,10-11H2,1H3,(H,17,19). The molecule has 0 spiro atoms. The fourth-order valence-corrected chi connectivity index (χ4v) is 2.77. The number of anilines is 1. The van der Waals surface area contributed by atoms with Gasteiger partial charge in [0.1, 0.15) is 5.69 Å². The molecule has 0 aliphatic heterocycles. The molecule has 5 nitrogen and oxygen atoms in total. The van der Waals surface area contributed by atoms with Crippen molar-refractivity contribution in [3.8, 4) is 0 Å². The number of hydrogen-bond acceptors (Lipinski definition) is 4. The lowest BCUT2D eigenvalue weighted by Crippen LogP contribution is -2.16. The van der Waals surface area contributed by atoms with E-state index in [1.807, 2.05) is 30.3 Å². The lowest BCUT2D eigenvalue weighted by Gasteiger charge is -2.08. The van der Waals surface area contributed by atoms with E-state index < -0.39 is 4.92 Å². The molecule has 114 valence electrons. The Labute approximate surface area is 132 Å². The van der Waals surface area contributed by atoms with Crippen molar-refractivity contribution in [3.05, 3.63) is 69.8 Å². The van der Waals surface area contributed by atoms with Crippen LogP contribution in [0.1, 0.15) is 11.1 Å². The Morgan fingerprint density at radius 1 is 1.18 bits per heavy atom. The zero-order chi connectivity index (χ0) is 15.9. The van der Waals surface area contributed by atoms with Crippen LogP contribution in [0, 0.1) is 17.0 Å². The van der Waals surface area contributed by atoms with Crippen LogP contribution in [-0.2, 0) is 10.5 Å². The van der Waals surface area contributed by atoms with Gasteiger partial charge < -0.3 is 5.32 Å². The first kappa shape index (κ1) is 16.0. The van der Waals surface area contributed by atoms with Crippen LogP contribution in [0.2, 0.25) is 0 Å². The van der Waals surface area contributed by atoms with Crippen LogP contribution in [0.4, 0.5) is 11.4 Å². The zero-order valence-electron chi connectivity index (χ0n) is 12.1. The predicted octanol–water partition coefficient (Wildman–Crippen LogP) is 3.78. The highest BCUT2D eigenvalue weighted by molar-refractivity contribution is 7.99. The maximum atomic E-state index is 12.0. The van der Waals surface area contributed by atoms with Gasteiger partial charge in [-0.1, -0.05) is 42.5 Å². The largest absolute Gasteiger partial charge is 0.319 e. The second-order valence-electron chi connectivity index (χ2n) is 4.75. The summed E-state index contributed by atoms with van der Waals surface area (Å²) in [5.41, 5.74) is 2.01. The third-order valence-corrected chi connectivity index (χ3v) is 4.06. The van der Waals surface area contributed by atoms with Crippen LogP contribution in [0.15, 0.2) is 48.5 Å². The van der Waals surface area contributed by atoms with Crippen molar-refractivity contribution in [1.29, 1.82) is 0 Å². The van der Waals surface area contributed by atoms with E-state index in [9.17, 15) is 14.9 Å². The third-order valence-electron chi connectivity index (χ3n) is 3.06. The lowest BCUT2D eigenvalue weighted by molar-refractivity contribution is -0.384. The molecule has 0 saturated heterocycles. The fraction of sp³-hybridized carbons (Fsp3) is 0.188. The summed E-state index contributed by atoms with van der Waals surface area (Å²) in [6.45, 7) is 1.74. The van der Waals surface area contributed by atoms with Gasteiger partial charge in [-0.05, 0) is 18.1 Å². The highest BCUT2D eigenvalue weighted by atomic mass is 32.2. The van der Waals surface area contributed by atoms with Gasteiger partial charge >= 0.3 is 0 Å². The molecule has 2 aromatic carbocycles. The molecule has 1 amide bonds. The molecule has 0 aromatic heterocycles. The monoisotopic (exact) mass is 316 g/mol. The summed E-state index contributed by atoms with van der Waals surface area (Å²) in [7, 11) is 0. The van der Waals surface area contributed by atoms with Crippen molar-refractivity contribution in [2.75, 3.05) is 11.1 Å². The molecule has 0 heterocycles. The molecule has 0 bridgehead atoms. The van der Waals surface area contributed by atoms with Gasteiger partial charge in [0.15, 0.2) is 0 Å². The number of nitrogens with zero attached hydrogens (tertiary/aromatic N) is 1. The topological polar surface area (TPSA) is 72.2 Å². The molecule has 2 rings (SSSR count). The van der Waals surface area contributed by atoms with Crippen molar-refractivity contribution < 1.29 is 9.72 Å². The summed E-state index contributed by atoms with van der Waals surface area (Å²) in [6, 6.07) is 14.6. The molecule has 0 aliphatic rings. The van der Waals surface area contributed by atoms with Crippen molar-refractivity contribution >= 4 is 29.0 Å². The van der Waals surface area contributed by atoms with E-state index in [2.05, 4.69) is 5.32 Å². The molecular weight excluding hydrogens is 300 g/mol. The van der Waals surface area contributed by atoms with E-state index in [-0.39, 0.29) is 23.0 Å². The predicted molar refractivity (Wildman–Crippen MR) is 89.1 cm³/mol. The molecule has 22 heavy (non-hydrogen) atoms. The van der Waals surface area contributed by atoms with Crippen molar-refractivity contribution in [2.24, 2.45) is 0 Å². The van der Waals surface area contributed by atoms with Crippen molar-refractivity contribution in [1.82, 2.24) is 0 Å². The number of thioether (sulfide) groups is 1. The van der Waals surface area contributed by atoms with Gasteiger partial charge in [-0.3, -0.25) is 14.9 Å². The number of nitro benzene ring substituents is 1. The molecule has 0 unspecified atom stereocenters. The Kier molecular flexibility index (Phi) is 5.55. The zero-order valence-corrected chi connectivity index (χ0v) is 12.9. The number of carbonyl (C=O) groups excluding carboxylic acids is 1. The van der Waals surface area contributed by atoms with Gasteiger partial charge in [0, 0.05) is 11.8 Å². The minimum absolute atomic E-state index is 0.0820. The molecular formula is C16H16N2O3S. The summed E-state index contributed by atoms with van der Waals surface area (Å²) in [6.07, 6.45) is 0. The van der Waals surface area contributed by atoms with Gasteiger partial charge in [0.05, 0.1) is 10.7 Å². The van der Waals surface area contributed by atoms with E-state index in [0.29, 0.717) is 5.56 Å². The Bertz CT molecular complexity index is 674. The average Bonchev–Trinajstić information content (AvgIpc) is 2.50. The summed E-state index contributed by atoms with van der Waals surface area (Å²) < 4.78 is 0. The van der Waals surface area contributed by atoms with Crippen LogP contribution in [0.5, 0.6) is 0 Å². The molecule has 1 N–H and O–H groups in total. The first-order valence-corrected chi connectivity index (χ1v) is 7.89. The fourth-order valence-electron chi connectivity index (χ4n) is 1.98. The maximum Gasteiger partial charge on any atom is 0.293 e. The minimum atomic E-state index is -0.486. The van der Waals surface area contributed by atoms with E-state index in [1.54, 1.807) is 19.1 Å². The molecule has 0 saturated carbocycles. The first-order chi connectivity index (χ1) is 10.6. The highest BCUT2D eigenvalue weighted by Crippen LogP contribution is 2.27. The number of nitrogens with one attached hydrogen (secondary N) is 1. The number of carbonyl (C=O) groups is 1. The van der Waals surface area contributed by atoms with Crippen LogP contribution in [0.3, 0.4) is 0 Å². The van der Waals surface area contributed by atoms with Crippen molar-refractivity contribution in [2.45, 2.75) is 12.7 Å². The van der Waals surface area contributed by atoms with Gasteiger partial charge in [-0.25, -0.2) is 0 Å². The molecule has 0 fully saturated rings.